The van der Waals surface area contributed by atoms with Gasteiger partial charge in [0.2, 0.25) is 0 Å². The summed E-state index contributed by atoms with van der Waals surface area (Å²) in [6, 6.07) is 75.3. The van der Waals surface area contributed by atoms with Gasteiger partial charge in [-0.2, -0.15) is 0 Å². The van der Waals surface area contributed by atoms with Crippen molar-refractivity contribution in [3.63, 3.8) is 0 Å². The van der Waals surface area contributed by atoms with Gasteiger partial charge in [-0.15, -0.1) is 11.3 Å². The van der Waals surface area contributed by atoms with Crippen molar-refractivity contribution in [3.05, 3.63) is 222 Å². The van der Waals surface area contributed by atoms with E-state index in [4.69, 9.17) is 0 Å². The summed E-state index contributed by atoms with van der Waals surface area (Å²) in [5.74, 6) is 0. The Hall–Kier alpha value is -6.65. The van der Waals surface area contributed by atoms with Crippen LogP contribution in [-0.2, 0) is 5.41 Å². The number of rotatable bonds is 3. The summed E-state index contributed by atoms with van der Waals surface area (Å²) in [7, 11) is 0. The van der Waals surface area contributed by atoms with Crippen LogP contribution in [0.15, 0.2) is 210 Å². The second-order valence-electron chi connectivity index (χ2n) is 15.6. The minimum Gasteiger partial charge on any atom is -0.310 e. The third-order valence-electron chi connectivity index (χ3n) is 12.7. The molecule has 0 N–H and O–H groups in total. The molecule has 0 unspecified atom stereocenters. The lowest BCUT2D eigenvalue weighted by molar-refractivity contribution is 0.707. The van der Waals surface area contributed by atoms with Crippen molar-refractivity contribution in [2.24, 2.45) is 0 Å². The number of nitrogens with zero attached hydrogens (tertiary/aromatic N) is 1. The molecule has 1 aliphatic heterocycles. The first kappa shape index (κ1) is 32.4. The molecule has 0 saturated carbocycles. The summed E-state index contributed by atoms with van der Waals surface area (Å²) < 4.78 is 2.63. The van der Waals surface area contributed by atoms with Crippen LogP contribution in [0.4, 0.5) is 17.1 Å². The molecule has 1 spiro atoms. The van der Waals surface area contributed by atoms with Crippen molar-refractivity contribution in [1.82, 2.24) is 0 Å². The molecule has 11 aromatic rings. The zero-order valence-corrected chi connectivity index (χ0v) is 32.9. The fourth-order valence-electron chi connectivity index (χ4n) is 10.2. The quantitative estimate of drug-likeness (QED) is 0.176. The number of anilines is 3. The highest BCUT2D eigenvalue weighted by molar-refractivity contribution is 7.99. The van der Waals surface area contributed by atoms with Crippen LogP contribution in [0.2, 0.25) is 0 Å². The molecule has 10 aromatic carbocycles. The Kier molecular flexibility index (Phi) is 6.81. The van der Waals surface area contributed by atoms with Gasteiger partial charge < -0.3 is 4.90 Å². The van der Waals surface area contributed by atoms with Crippen LogP contribution in [0.3, 0.4) is 0 Å². The van der Waals surface area contributed by atoms with Gasteiger partial charge in [-0.1, -0.05) is 163 Å². The summed E-state index contributed by atoms with van der Waals surface area (Å²) >= 11 is 3.80. The molecule has 0 amide bonds. The molecular weight excluding hydrogens is 739 g/mol. The Morgan fingerprint density at radius 1 is 0.362 bits per heavy atom. The highest BCUT2D eigenvalue weighted by Gasteiger charge is 2.48. The number of benzene rings is 10. The van der Waals surface area contributed by atoms with Gasteiger partial charge in [-0.25, -0.2) is 0 Å². The molecule has 1 aromatic heterocycles. The highest BCUT2D eigenvalue weighted by atomic mass is 32.2. The molecule has 2 heterocycles. The largest absolute Gasteiger partial charge is 0.310 e. The number of hydrogen-bond donors (Lipinski definition) is 0. The molecule has 0 fully saturated rings. The molecule has 2 aliphatic rings. The minimum absolute atomic E-state index is 0.525. The van der Waals surface area contributed by atoms with Gasteiger partial charge in [0.15, 0.2) is 0 Å². The Morgan fingerprint density at radius 2 is 0.966 bits per heavy atom. The van der Waals surface area contributed by atoms with Crippen LogP contribution in [0.25, 0.3) is 63.6 Å². The molecular formula is C55H33NS2. The first-order valence-corrected chi connectivity index (χ1v) is 21.5. The summed E-state index contributed by atoms with van der Waals surface area (Å²) in [6.45, 7) is 0. The molecule has 0 saturated heterocycles. The van der Waals surface area contributed by atoms with Crippen molar-refractivity contribution in [1.29, 1.82) is 0 Å². The maximum absolute atomic E-state index is 2.52. The van der Waals surface area contributed by atoms with E-state index in [0.717, 1.165) is 17.1 Å². The molecule has 58 heavy (non-hydrogen) atoms. The molecule has 0 atom stereocenters. The zero-order chi connectivity index (χ0) is 38.0. The van der Waals surface area contributed by atoms with Gasteiger partial charge in [0.1, 0.15) is 0 Å². The summed E-state index contributed by atoms with van der Waals surface area (Å²) in [5, 5.41) is 10.3. The summed E-state index contributed by atoms with van der Waals surface area (Å²) in [4.78, 5) is 5.10. The first-order valence-electron chi connectivity index (χ1n) is 19.9. The van der Waals surface area contributed by atoms with E-state index < -0.39 is 5.41 Å². The van der Waals surface area contributed by atoms with Crippen LogP contribution in [0.5, 0.6) is 0 Å². The Labute approximate surface area is 344 Å². The smallest absolute Gasteiger partial charge is 0.0736 e. The predicted molar refractivity (Wildman–Crippen MR) is 248 cm³/mol. The zero-order valence-electron chi connectivity index (χ0n) is 31.3. The van der Waals surface area contributed by atoms with Crippen molar-refractivity contribution in [3.8, 4) is 11.1 Å². The Morgan fingerprint density at radius 3 is 1.81 bits per heavy atom. The second kappa shape index (κ2) is 12.2. The fourth-order valence-corrected chi connectivity index (χ4v) is 12.7. The number of thiophene rings is 1. The van der Waals surface area contributed by atoms with E-state index in [1.165, 1.54) is 95.7 Å². The topological polar surface area (TPSA) is 3.24 Å². The van der Waals surface area contributed by atoms with Crippen LogP contribution < -0.4 is 4.90 Å². The lowest BCUT2D eigenvalue weighted by Gasteiger charge is -2.46. The molecule has 1 aliphatic carbocycles. The van der Waals surface area contributed by atoms with E-state index in [9.17, 15) is 0 Å². The van der Waals surface area contributed by atoms with Crippen molar-refractivity contribution in [2.45, 2.75) is 15.2 Å². The fraction of sp³-hybridized carbons (Fsp3) is 0.0182. The summed E-state index contributed by atoms with van der Waals surface area (Å²) in [6.07, 6.45) is 0. The summed E-state index contributed by atoms with van der Waals surface area (Å²) in [5.41, 5.74) is 10.8. The monoisotopic (exact) mass is 771 g/mol. The van der Waals surface area contributed by atoms with Crippen molar-refractivity contribution < 1.29 is 0 Å². The second-order valence-corrected chi connectivity index (χ2v) is 17.7. The van der Waals surface area contributed by atoms with Crippen molar-refractivity contribution >= 4 is 92.7 Å². The first-order chi connectivity index (χ1) is 28.7. The molecule has 3 heteroatoms. The lowest BCUT2D eigenvalue weighted by atomic mass is 9.59. The lowest BCUT2D eigenvalue weighted by Crippen LogP contribution is -2.36. The third-order valence-corrected chi connectivity index (χ3v) is 15.0. The van der Waals surface area contributed by atoms with E-state index in [2.05, 4.69) is 205 Å². The highest BCUT2D eigenvalue weighted by Crippen LogP contribution is 2.62. The third kappa shape index (κ3) is 4.43. The number of hydrogen-bond acceptors (Lipinski definition) is 3. The molecule has 1 nitrogen and oxygen atoms in total. The van der Waals surface area contributed by atoms with Gasteiger partial charge in [-0.05, 0) is 114 Å². The SMILES string of the molecule is c1ccc2c(c1)Sc1ccccc1C21c2cc(N(c3ccc4ccccc4c3)c3ccc4c(c3)sc3c5ccccc5ccc43)ccc2-c2cccc3cccc1c23. The Balaban J connectivity index is 1.12. The van der Waals surface area contributed by atoms with E-state index in [1.807, 2.05) is 23.1 Å². The van der Waals surface area contributed by atoms with Gasteiger partial charge in [-0.3, -0.25) is 0 Å². The van der Waals surface area contributed by atoms with Gasteiger partial charge in [0, 0.05) is 47.0 Å². The molecule has 270 valence electrons. The van der Waals surface area contributed by atoms with Gasteiger partial charge >= 0.3 is 0 Å². The van der Waals surface area contributed by atoms with E-state index >= 15 is 0 Å². The van der Waals surface area contributed by atoms with Crippen LogP contribution in [0.1, 0.15) is 22.3 Å². The van der Waals surface area contributed by atoms with Crippen LogP contribution in [0, 0.1) is 0 Å². The van der Waals surface area contributed by atoms with Gasteiger partial charge in [0.25, 0.3) is 0 Å². The van der Waals surface area contributed by atoms with E-state index in [-0.39, 0.29) is 0 Å². The Bertz CT molecular complexity index is 3470. The number of fused-ring (bicyclic) bond motifs is 14. The van der Waals surface area contributed by atoms with Crippen LogP contribution in [-0.4, -0.2) is 0 Å². The maximum Gasteiger partial charge on any atom is 0.0736 e. The van der Waals surface area contributed by atoms with E-state index in [1.54, 1.807) is 0 Å². The average molecular weight is 772 g/mol. The van der Waals surface area contributed by atoms with Crippen LogP contribution >= 0.6 is 23.1 Å². The minimum atomic E-state index is -0.525. The van der Waals surface area contributed by atoms with Crippen molar-refractivity contribution in [2.75, 3.05) is 4.90 Å². The molecule has 0 radical (unpaired) electrons. The normalized spacial score (nSPS) is 13.6. The van der Waals surface area contributed by atoms with E-state index in [0.29, 0.717) is 0 Å². The standard InChI is InChI=1S/C55H33NS2/c1-2-13-37-31-38(25-23-34(37)11-1)56(40-27-30-43-45-28-24-35-12-3-4-16-41(35)54(45)58-52(43)33-40)39-26-29-42-44-17-9-14-36-15-10-20-48(53(36)44)55(49(42)32-39)46-18-5-7-21-50(46)57-51-22-8-6-19-47(51)55/h1-33H. The predicted octanol–water partition coefficient (Wildman–Crippen LogP) is 15.8. The molecule has 0 bridgehead atoms. The van der Waals surface area contributed by atoms with Gasteiger partial charge in [0.05, 0.1) is 5.41 Å². The molecule has 13 rings (SSSR count). The average Bonchev–Trinajstić information content (AvgIpc) is 3.66. The maximum atomic E-state index is 2.52.